The van der Waals surface area contributed by atoms with Crippen molar-refractivity contribution >= 4 is 11.6 Å². The van der Waals surface area contributed by atoms with Crippen LogP contribution in [0.5, 0.6) is 0 Å². The zero-order chi connectivity index (χ0) is 11.7. The highest BCUT2D eigenvalue weighted by molar-refractivity contribution is 5.76. The molecule has 1 saturated carbocycles. The number of hydrogen-bond donors (Lipinski definition) is 2. The van der Waals surface area contributed by atoms with Crippen molar-refractivity contribution in [3.05, 3.63) is 29.8 Å². The van der Waals surface area contributed by atoms with Crippen molar-refractivity contribution in [2.45, 2.75) is 37.6 Å². The fourth-order valence-corrected chi connectivity index (χ4v) is 2.45. The van der Waals surface area contributed by atoms with E-state index in [0.29, 0.717) is 18.4 Å². The highest BCUT2D eigenvalue weighted by Gasteiger charge is 2.25. The summed E-state index contributed by atoms with van der Waals surface area (Å²) in [5.74, 6) is 0.716. The molecule has 2 N–H and O–H groups in total. The van der Waals surface area contributed by atoms with E-state index in [1.54, 1.807) is 0 Å². The molecule has 17 heavy (non-hydrogen) atoms. The number of carbonyl (C=O) groups is 1. The SMILES string of the molecule is O=C(CCC1CNc2ccccc21)NC1CC1. The predicted molar refractivity (Wildman–Crippen MR) is 68.1 cm³/mol. The predicted octanol–water partition coefficient (Wildman–Crippen LogP) is 2.25. The number of fused-ring (bicyclic) bond motifs is 1. The van der Waals surface area contributed by atoms with Gasteiger partial charge in [-0.2, -0.15) is 0 Å². The van der Waals surface area contributed by atoms with Gasteiger partial charge in [-0.05, 0) is 30.9 Å². The van der Waals surface area contributed by atoms with Gasteiger partial charge in [-0.25, -0.2) is 0 Å². The molecule has 3 heteroatoms. The Hall–Kier alpha value is -1.51. The largest absolute Gasteiger partial charge is 0.384 e. The summed E-state index contributed by atoms with van der Waals surface area (Å²) in [6.07, 6.45) is 3.93. The van der Waals surface area contributed by atoms with E-state index >= 15 is 0 Å². The third-order valence-electron chi connectivity index (χ3n) is 3.60. The lowest BCUT2D eigenvalue weighted by Gasteiger charge is -2.09. The number of carbonyl (C=O) groups excluding carboxylic acids is 1. The summed E-state index contributed by atoms with van der Waals surface area (Å²) < 4.78 is 0. The molecule has 0 spiro atoms. The number of anilines is 1. The Balaban J connectivity index is 1.54. The summed E-state index contributed by atoms with van der Waals surface area (Å²) in [4.78, 5) is 11.6. The summed E-state index contributed by atoms with van der Waals surface area (Å²) in [6, 6.07) is 8.88. The van der Waals surface area contributed by atoms with Crippen LogP contribution in [0.3, 0.4) is 0 Å². The molecule has 0 aromatic heterocycles. The normalized spacial score (nSPS) is 21.8. The quantitative estimate of drug-likeness (QED) is 0.833. The fourth-order valence-electron chi connectivity index (χ4n) is 2.45. The number of nitrogens with one attached hydrogen (secondary N) is 2. The topological polar surface area (TPSA) is 41.1 Å². The van der Waals surface area contributed by atoms with Crippen molar-refractivity contribution < 1.29 is 4.79 Å². The van der Waals surface area contributed by atoms with E-state index in [9.17, 15) is 4.79 Å². The van der Waals surface area contributed by atoms with Gasteiger partial charge in [0.2, 0.25) is 5.91 Å². The number of benzene rings is 1. The van der Waals surface area contributed by atoms with Crippen molar-refractivity contribution in [3.8, 4) is 0 Å². The molecule has 90 valence electrons. The summed E-state index contributed by atoms with van der Waals surface area (Å²) in [6.45, 7) is 0.968. The van der Waals surface area contributed by atoms with Crippen LogP contribution in [0.25, 0.3) is 0 Å². The van der Waals surface area contributed by atoms with E-state index in [1.807, 2.05) is 6.07 Å². The summed E-state index contributed by atoms with van der Waals surface area (Å²) in [7, 11) is 0. The number of amides is 1. The summed E-state index contributed by atoms with van der Waals surface area (Å²) in [5, 5.41) is 6.44. The van der Waals surface area contributed by atoms with Gasteiger partial charge in [0.25, 0.3) is 0 Å². The first kappa shape index (κ1) is 10.6. The van der Waals surface area contributed by atoms with E-state index in [1.165, 1.54) is 24.1 Å². The molecular formula is C14H18N2O. The molecular weight excluding hydrogens is 212 g/mol. The first-order chi connectivity index (χ1) is 8.33. The second kappa shape index (κ2) is 4.40. The van der Waals surface area contributed by atoms with E-state index < -0.39 is 0 Å². The maximum Gasteiger partial charge on any atom is 0.220 e. The van der Waals surface area contributed by atoms with E-state index in [2.05, 4.69) is 28.8 Å². The minimum Gasteiger partial charge on any atom is -0.384 e. The number of rotatable bonds is 4. The van der Waals surface area contributed by atoms with Crippen molar-refractivity contribution in [2.24, 2.45) is 0 Å². The first-order valence-electron chi connectivity index (χ1n) is 6.45. The minimum absolute atomic E-state index is 0.219. The average molecular weight is 230 g/mol. The standard InChI is InChI=1S/C14H18N2O/c17-14(16-11-6-7-11)8-5-10-9-15-13-4-2-1-3-12(10)13/h1-4,10-11,15H,5-9H2,(H,16,17). The van der Waals surface area contributed by atoms with Gasteiger partial charge in [0, 0.05) is 30.6 Å². The lowest BCUT2D eigenvalue weighted by molar-refractivity contribution is -0.121. The van der Waals surface area contributed by atoms with Crippen LogP contribution in [-0.4, -0.2) is 18.5 Å². The minimum atomic E-state index is 0.219. The van der Waals surface area contributed by atoms with E-state index in [-0.39, 0.29) is 5.91 Å². The molecule has 0 bridgehead atoms. The van der Waals surface area contributed by atoms with Crippen molar-refractivity contribution in [1.82, 2.24) is 5.32 Å². The molecule has 1 amide bonds. The molecule has 1 aliphatic carbocycles. The molecule has 2 aliphatic rings. The lowest BCUT2D eigenvalue weighted by atomic mass is 9.96. The second-order valence-electron chi connectivity index (χ2n) is 5.05. The van der Waals surface area contributed by atoms with Crippen LogP contribution in [0.15, 0.2) is 24.3 Å². The third-order valence-corrected chi connectivity index (χ3v) is 3.60. The third kappa shape index (κ3) is 2.43. The maximum absolute atomic E-state index is 11.6. The molecule has 0 saturated heterocycles. The summed E-state index contributed by atoms with van der Waals surface area (Å²) in [5.41, 5.74) is 2.60. The van der Waals surface area contributed by atoms with Gasteiger partial charge in [-0.3, -0.25) is 4.79 Å². The van der Waals surface area contributed by atoms with Gasteiger partial charge < -0.3 is 10.6 Å². The maximum atomic E-state index is 11.6. The first-order valence-corrected chi connectivity index (χ1v) is 6.45. The molecule has 1 unspecified atom stereocenters. The molecule has 1 atom stereocenters. The van der Waals surface area contributed by atoms with Crippen LogP contribution in [0.2, 0.25) is 0 Å². The van der Waals surface area contributed by atoms with E-state index in [0.717, 1.165) is 13.0 Å². The Morgan fingerprint density at radius 3 is 3.00 bits per heavy atom. The van der Waals surface area contributed by atoms with Crippen LogP contribution < -0.4 is 10.6 Å². The average Bonchev–Trinajstić information content (AvgIpc) is 3.06. The summed E-state index contributed by atoms with van der Waals surface area (Å²) >= 11 is 0. The van der Waals surface area contributed by atoms with Gasteiger partial charge in [-0.1, -0.05) is 18.2 Å². The van der Waals surface area contributed by atoms with Gasteiger partial charge in [0.1, 0.15) is 0 Å². The molecule has 3 rings (SSSR count). The van der Waals surface area contributed by atoms with Crippen LogP contribution in [-0.2, 0) is 4.79 Å². The van der Waals surface area contributed by atoms with Crippen LogP contribution in [0, 0.1) is 0 Å². The molecule has 1 fully saturated rings. The molecule has 0 radical (unpaired) electrons. The molecule has 1 aromatic carbocycles. The zero-order valence-electron chi connectivity index (χ0n) is 9.91. The van der Waals surface area contributed by atoms with E-state index in [4.69, 9.17) is 0 Å². The Morgan fingerprint density at radius 1 is 1.35 bits per heavy atom. The fraction of sp³-hybridized carbons (Fsp3) is 0.500. The van der Waals surface area contributed by atoms with Crippen molar-refractivity contribution in [1.29, 1.82) is 0 Å². The van der Waals surface area contributed by atoms with Gasteiger partial charge in [0.15, 0.2) is 0 Å². The number of hydrogen-bond acceptors (Lipinski definition) is 2. The molecule has 3 nitrogen and oxygen atoms in total. The monoisotopic (exact) mass is 230 g/mol. The van der Waals surface area contributed by atoms with Crippen molar-refractivity contribution in [3.63, 3.8) is 0 Å². The Morgan fingerprint density at radius 2 is 2.18 bits per heavy atom. The van der Waals surface area contributed by atoms with Crippen molar-refractivity contribution in [2.75, 3.05) is 11.9 Å². The molecule has 1 aliphatic heterocycles. The lowest BCUT2D eigenvalue weighted by Crippen LogP contribution is -2.25. The van der Waals surface area contributed by atoms with Crippen LogP contribution in [0.1, 0.15) is 37.2 Å². The Kier molecular flexibility index (Phi) is 2.75. The number of para-hydroxylation sites is 1. The Bertz CT molecular complexity index is 426. The molecule has 1 heterocycles. The van der Waals surface area contributed by atoms with Gasteiger partial charge in [0.05, 0.1) is 0 Å². The molecule has 1 aromatic rings. The van der Waals surface area contributed by atoms with Crippen LogP contribution >= 0.6 is 0 Å². The highest BCUT2D eigenvalue weighted by atomic mass is 16.1. The highest BCUT2D eigenvalue weighted by Crippen LogP contribution is 2.33. The second-order valence-corrected chi connectivity index (χ2v) is 5.05. The van der Waals surface area contributed by atoms with Gasteiger partial charge in [-0.15, -0.1) is 0 Å². The van der Waals surface area contributed by atoms with Crippen LogP contribution in [0.4, 0.5) is 5.69 Å². The smallest absolute Gasteiger partial charge is 0.220 e. The Labute approximate surface area is 102 Å². The van der Waals surface area contributed by atoms with Gasteiger partial charge >= 0.3 is 0 Å². The zero-order valence-corrected chi connectivity index (χ0v) is 9.91.